The largest absolute Gasteiger partial charge is 0.471 e. The van der Waals surface area contributed by atoms with Gasteiger partial charge in [0.05, 0.1) is 17.3 Å². The number of methoxy groups -OCH3 is 1. The molecule has 2 rings (SSSR count). The highest BCUT2D eigenvalue weighted by Crippen LogP contribution is 2.22. The van der Waals surface area contributed by atoms with Crippen LogP contribution in [0, 0.1) is 3.95 Å². The molecule has 1 aromatic heterocycles. The molecule has 1 aromatic carbocycles. The quantitative estimate of drug-likeness (QED) is 0.610. The molecule has 0 N–H and O–H groups in total. The van der Waals surface area contributed by atoms with Gasteiger partial charge in [-0.1, -0.05) is 32.9 Å². The molecule has 0 aliphatic carbocycles. The normalized spacial score (nSPS) is 8.84. The molecule has 0 atom stereocenters. The fourth-order valence-corrected chi connectivity index (χ4v) is 2.83. The summed E-state index contributed by atoms with van der Waals surface area (Å²) in [6.07, 6.45) is 1.13. The average molecular weight is 299 g/mol. The third kappa shape index (κ3) is 5.53. The Morgan fingerprint density at radius 1 is 1.37 bits per heavy atom. The summed E-state index contributed by atoms with van der Waals surface area (Å²) in [6.45, 7) is 7.58. The van der Waals surface area contributed by atoms with Gasteiger partial charge in [0.25, 0.3) is 6.47 Å². The summed E-state index contributed by atoms with van der Waals surface area (Å²) in [7, 11) is 1.31. The molecule has 0 saturated carbocycles. The van der Waals surface area contributed by atoms with Gasteiger partial charge >= 0.3 is 0 Å². The summed E-state index contributed by atoms with van der Waals surface area (Å²) in [6, 6.07) is 8.39. The van der Waals surface area contributed by atoms with Crippen LogP contribution in [0.25, 0.3) is 10.2 Å². The number of benzene rings is 1. The lowest BCUT2D eigenvalue weighted by Gasteiger charge is -2.00. The van der Waals surface area contributed by atoms with Gasteiger partial charge in [-0.2, -0.15) is 0 Å². The number of hydrogen-bond donors (Lipinski definition) is 0. The van der Waals surface area contributed by atoms with E-state index in [1.54, 1.807) is 11.3 Å². The van der Waals surface area contributed by atoms with Gasteiger partial charge in [0.15, 0.2) is 3.95 Å². The maximum atomic E-state index is 8.95. The highest BCUT2D eigenvalue weighted by molar-refractivity contribution is 7.73. The Morgan fingerprint density at radius 2 is 1.95 bits per heavy atom. The summed E-state index contributed by atoms with van der Waals surface area (Å²) >= 11 is 7.00. The molecular formula is C14H21NO2S2. The van der Waals surface area contributed by atoms with E-state index in [9.17, 15) is 0 Å². The Morgan fingerprint density at radius 3 is 2.47 bits per heavy atom. The molecule has 0 aliphatic rings. The van der Waals surface area contributed by atoms with Gasteiger partial charge in [-0.3, -0.25) is 4.79 Å². The minimum absolute atomic E-state index is 0.375. The van der Waals surface area contributed by atoms with Crippen LogP contribution in [0.3, 0.4) is 0 Å². The molecule has 0 saturated heterocycles. The predicted molar refractivity (Wildman–Crippen MR) is 85.4 cm³/mol. The molecule has 5 heteroatoms. The van der Waals surface area contributed by atoms with E-state index in [0.29, 0.717) is 6.47 Å². The number of rotatable bonds is 3. The Hall–Kier alpha value is -1.20. The monoisotopic (exact) mass is 299 g/mol. The number of nitrogens with zero attached hydrogens (tertiary/aromatic N) is 1. The van der Waals surface area contributed by atoms with Gasteiger partial charge in [-0.25, -0.2) is 0 Å². The van der Waals surface area contributed by atoms with Gasteiger partial charge in [0, 0.05) is 6.54 Å². The number of thiazole rings is 1. The van der Waals surface area contributed by atoms with Crippen molar-refractivity contribution in [3.8, 4) is 0 Å². The van der Waals surface area contributed by atoms with Gasteiger partial charge in [0.1, 0.15) is 0 Å². The van der Waals surface area contributed by atoms with E-state index in [1.165, 1.54) is 17.3 Å². The summed E-state index contributed by atoms with van der Waals surface area (Å²) in [4.78, 5) is 8.95. The van der Waals surface area contributed by atoms with Crippen LogP contribution in [0.1, 0.15) is 27.2 Å². The first-order chi connectivity index (χ1) is 9.24. The molecule has 106 valence electrons. The van der Waals surface area contributed by atoms with Gasteiger partial charge in [-0.15, -0.1) is 11.3 Å². The average Bonchev–Trinajstić information content (AvgIpc) is 2.78. The van der Waals surface area contributed by atoms with Crippen LogP contribution in [-0.4, -0.2) is 18.1 Å². The zero-order chi connectivity index (χ0) is 14.7. The van der Waals surface area contributed by atoms with Crippen LogP contribution >= 0.6 is 23.6 Å². The number of carbonyl (C=O) groups is 1. The number of ether oxygens (including phenoxy) is 1. The molecule has 19 heavy (non-hydrogen) atoms. The third-order valence-electron chi connectivity index (χ3n) is 2.12. The first kappa shape index (κ1) is 17.8. The van der Waals surface area contributed by atoms with Gasteiger partial charge in [-0.05, 0) is 30.8 Å². The number of aromatic nitrogens is 1. The second-order valence-corrected chi connectivity index (χ2v) is 5.00. The summed E-state index contributed by atoms with van der Waals surface area (Å²) in [5.74, 6) is 0. The van der Waals surface area contributed by atoms with Crippen molar-refractivity contribution in [3.05, 3.63) is 28.2 Å². The van der Waals surface area contributed by atoms with E-state index >= 15 is 0 Å². The van der Waals surface area contributed by atoms with Crippen LogP contribution in [0.15, 0.2) is 24.3 Å². The van der Waals surface area contributed by atoms with E-state index in [0.717, 1.165) is 16.9 Å². The minimum atomic E-state index is 0.375. The smallest absolute Gasteiger partial charge is 0.292 e. The lowest BCUT2D eigenvalue weighted by molar-refractivity contribution is -0.126. The van der Waals surface area contributed by atoms with E-state index in [1.807, 2.05) is 13.8 Å². The van der Waals surface area contributed by atoms with Gasteiger partial charge < -0.3 is 9.30 Å². The summed E-state index contributed by atoms with van der Waals surface area (Å²) in [5, 5.41) is 0. The molecule has 1 heterocycles. The topological polar surface area (TPSA) is 31.2 Å². The number of fused-ring (bicyclic) bond motifs is 1. The van der Waals surface area contributed by atoms with Crippen molar-refractivity contribution in [3.63, 3.8) is 0 Å². The number of para-hydroxylation sites is 1. The molecule has 0 bridgehead atoms. The van der Waals surface area contributed by atoms with Crippen molar-refractivity contribution < 1.29 is 9.53 Å². The third-order valence-corrected chi connectivity index (χ3v) is 3.55. The van der Waals surface area contributed by atoms with Crippen LogP contribution in [-0.2, 0) is 16.1 Å². The lowest BCUT2D eigenvalue weighted by atomic mass is 10.3. The zero-order valence-electron chi connectivity index (χ0n) is 11.9. The van der Waals surface area contributed by atoms with Crippen molar-refractivity contribution in [1.29, 1.82) is 0 Å². The van der Waals surface area contributed by atoms with Gasteiger partial charge in [0.2, 0.25) is 0 Å². The fraction of sp³-hybridized carbons (Fsp3) is 0.429. The molecule has 0 aliphatic heterocycles. The number of carbonyl (C=O) groups excluding carboxylic acids is 1. The van der Waals surface area contributed by atoms with Crippen molar-refractivity contribution in [2.45, 2.75) is 33.7 Å². The Balaban J connectivity index is 0.000000467. The van der Waals surface area contributed by atoms with E-state index in [-0.39, 0.29) is 0 Å². The first-order valence-corrected chi connectivity index (χ1v) is 7.51. The fourth-order valence-electron chi connectivity index (χ4n) is 1.45. The summed E-state index contributed by atoms with van der Waals surface area (Å²) in [5.41, 5.74) is 1.28. The number of aryl methyl sites for hydroxylation is 1. The first-order valence-electron chi connectivity index (χ1n) is 6.29. The van der Waals surface area contributed by atoms with Crippen LogP contribution in [0.2, 0.25) is 0 Å². The minimum Gasteiger partial charge on any atom is -0.471 e. The molecule has 0 spiro atoms. The molecule has 0 radical (unpaired) electrons. The number of hydrogen-bond acceptors (Lipinski definition) is 4. The maximum absolute atomic E-state index is 8.95. The highest BCUT2D eigenvalue weighted by atomic mass is 32.1. The Labute approximate surface area is 123 Å². The van der Waals surface area contributed by atoms with Crippen molar-refractivity contribution in [2.75, 3.05) is 7.11 Å². The van der Waals surface area contributed by atoms with Crippen LogP contribution in [0.5, 0.6) is 0 Å². The molecule has 2 aromatic rings. The highest BCUT2D eigenvalue weighted by Gasteiger charge is 2.01. The molecule has 3 nitrogen and oxygen atoms in total. The molecule has 0 unspecified atom stereocenters. The second-order valence-electron chi connectivity index (χ2n) is 3.32. The summed E-state index contributed by atoms with van der Waals surface area (Å²) < 4.78 is 8.36. The van der Waals surface area contributed by atoms with Crippen LogP contribution < -0.4 is 0 Å². The standard InChI is InChI=1S/C10H11NS2.C2H4O2.C2H6/c1-2-7-11-8-5-3-4-6-9(8)13-10(11)12;1-4-2-3;1-2/h3-6H,2,7H2,1H3;2H,1H3;1-2H3. The predicted octanol–water partition coefficient (Wildman–Crippen LogP) is 4.66. The molecule has 0 amide bonds. The van der Waals surface area contributed by atoms with Crippen molar-refractivity contribution in [2.24, 2.45) is 0 Å². The van der Waals surface area contributed by atoms with Crippen molar-refractivity contribution in [1.82, 2.24) is 4.57 Å². The van der Waals surface area contributed by atoms with E-state index in [2.05, 4.69) is 40.5 Å². The maximum Gasteiger partial charge on any atom is 0.292 e. The lowest BCUT2D eigenvalue weighted by Crippen LogP contribution is -1.94. The SMILES string of the molecule is CC.CCCn1c(=S)sc2ccccc21.COC=O. The van der Waals surface area contributed by atoms with E-state index in [4.69, 9.17) is 17.0 Å². The van der Waals surface area contributed by atoms with E-state index < -0.39 is 0 Å². The van der Waals surface area contributed by atoms with Crippen molar-refractivity contribution >= 4 is 40.2 Å². The molecular weight excluding hydrogens is 278 g/mol. The molecule has 0 fully saturated rings. The van der Waals surface area contributed by atoms with Crippen LogP contribution in [0.4, 0.5) is 0 Å². The second kappa shape index (κ2) is 10.7. The Bertz CT molecular complexity index is 531. The zero-order valence-corrected chi connectivity index (χ0v) is 13.5. The Kier molecular flexibility index (Phi) is 10.0.